The van der Waals surface area contributed by atoms with Gasteiger partial charge in [0.2, 0.25) is 5.91 Å². The van der Waals surface area contributed by atoms with E-state index < -0.39 is 12.1 Å². The summed E-state index contributed by atoms with van der Waals surface area (Å²) >= 11 is 0. The fraction of sp³-hybridized carbons (Fsp3) is 0.929. The second-order valence-corrected chi connectivity index (χ2v) is 24.0. The van der Waals surface area contributed by atoms with Crippen LogP contribution < -0.4 is 5.32 Å². The largest absolute Gasteiger partial charge is 0.394 e. The molecule has 0 fully saturated rings. The van der Waals surface area contributed by atoms with E-state index >= 15 is 0 Å². The molecule has 0 aromatic heterocycles. The van der Waals surface area contributed by atoms with Gasteiger partial charge in [-0.05, 0) is 44.9 Å². The van der Waals surface area contributed by atoms with Gasteiger partial charge in [0.25, 0.3) is 0 Å². The summed E-state index contributed by atoms with van der Waals surface area (Å²) in [5, 5.41) is 23.4. The molecule has 0 bridgehead atoms. The highest BCUT2D eigenvalue weighted by molar-refractivity contribution is 5.76. The summed E-state index contributed by atoms with van der Waals surface area (Å²) < 4.78 is 0. The van der Waals surface area contributed by atoms with E-state index in [9.17, 15) is 15.0 Å². The standard InChI is InChI=1S/C70H137NO3/c1-3-5-7-9-11-13-15-17-19-21-23-25-26-27-28-29-30-31-32-33-34-35-36-37-38-39-40-41-42-43-44-46-48-50-52-54-56-58-60-62-64-66-70(74)71-68(67-72)69(73)65-63-61-59-57-55-53-51-49-47-45-24-22-20-18-16-14-12-10-8-6-4-2/h15,17,21,23,68-69,72-73H,3-14,16,18-20,22,24-67H2,1-2H3,(H,71,74)/b17-15-,23-21-. The average Bonchev–Trinajstić information content (AvgIpc) is 3.40. The molecule has 74 heavy (non-hydrogen) atoms. The zero-order valence-electron chi connectivity index (χ0n) is 50.9. The number of rotatable bonds is 65. The van der Waals surface area contributed by atoms with Gasteiger partial charge in [-0.3, -0.25) is 4.79 Å². The van der Waals surface area contributed by atoms with Crippen molar-refractivity contribution in [2.24, 2.45) is 0 Å². The summed E-state index contributed by atoms with van der Waals surface area (Å²) in [6.07, 6.45) is 89.5. The Hall–Kier alpha value is -1.13. The van der Waals surface area contributed by atoms with Crippen molar-refractivity contribution in [3.8, 4) is 0 Å². The monoisotopic (exact) mass is 1040 g/mol. The van der Waals surface area contributed by atoms with Gasteiger partial charge in [-0.2, -0.15) is 0 Å². The molecule has 1 amide bonds. The van der Waals surface area contributed by atoms with Gasteiger partial charge in [-0.25, -0.2) is 0 Å². The van der Waals surface area contributed by atoms with Crippen molar-refractivity contribution in [1.29, 1.82) is 0 Å². The maximum absolute atomic E-state index is 12.5. The van der Waals surface area contributed by atoms with Crippen LogP contribution in [0.4, 0.5) is 0 Å². The Labute approximate surface area is 466 Å². The zero-order chi connectivity index (χ0) is 53.4. The van der Waals surface area contributed by atoms with Crippen molar-refractivity contribution in [3.63, 3.8) is 0 Å². The quantitative estimate of drug-likeness (QED) is 0.0420. The molecule has 0 rings (SSSR count). The lowest BCUT2D eigenvalue weighted by atomic mass is 10.0. The number of amides is 1. The van der Waals surface area contributed by atoms with Crippen LogP contribution in [0.15, 0.2) is 24.3 Å². The minimum absolute atomic E-state index is 0.0214. The van der Waals surface area contributed by atoms with Crippen LogP contribution in [0.2, 0.25) is 0 Å². The van der Waals surface area contributed by atoms with Gasteiger partial charge in [0.15, 0.2) is 0 Å². The molecule has 0 aromatic rings. The number of aliphatic hydroxyl groups is 2. The number of hydrogen-bond donors (Lipinski definition) is 3. The molecule has 0 aliphatic heterocycles. The Morgan fingerprint density at radius 3 is 0.811 bits per heavy atom. The van der Waals surface area contributed by atoms with Gasteiger partial charge in [0, 0.05) is 6.42 Å². The minimum Gasteiger partial charge on any atom is -0.394 e. The fourth-order valence-corrected chi connectivity index (χ4v) is 11.2. The molecule has 2 unspecified atom stereocenters. The van der Waals surface area contributed by atoms with Crippen LogP contribution >= 0.6 is 0 Å². The van der Waals surface area contributed by atoms with Gasteiger partial charge in [0.05, 0.1) is 18.8 Å². The van der Waals surface area contributed by atoms with Crippen molar-refractivity contribution in [3.05, 3.63) is 24.3 Å². The summed E-state index contributed by atoms with van der Waals surface area (Å²) in [4.78, 5) is 12.5. The lowest BCUT2D eigenvalue weighted by Crippen LogP contribution is -2.45. The van der Waals surface area contributed by atoms with Crippen molar-refractivity contribution in [1.82, 2.24) is 5.32 Å². The number of carbonyl (C=O) groups is 1. The van der Waals surface area contributed by atoms with E-state index in [0.717, 1.165) is 32.1 Å². The van der Waals surface area contributed by atoms with Gasteiger partial charge < -0.3 is 15.5 Å². The number of hydrogen-bond acceptors (Lipinski definition) is 3. The molecule has 0 aliphatic carbocycles. The second-order valence-electron chi connectivity index (χ2n) is 24.0. The number of allylic oxidation sites excluding steroid dienone is 4. The summed E-state index contributed by atoms with van der Waals surface area (Å²) in [7, 11) is 0. The molecular formula is C70H137NO3. The van der Waals surface area contributed by atoms with Gasteiger partial charge >= 0.3 is 0 Å². The van der Waals surface area contributed by atoms with Crippen LogP contribution in [0.1, 0.15) is 399 Å². The topological polar surface area (TPSA) is 69.6 Å². The third-order valence-electron chi connectivity index (χ3n) is 16.5. The molecule has 0 saturated heterocycles. The highest BCUT2D eigenvalue weighted by Crippen LogP contribution is 2.19. The van der Waals surface area contributed by atoms with Crippen LogP contribution in [0.25, 0.3) is 0 Å². The Kier molecular flexibility index (Phi) is 65.1. The van der Waals surface area contributed by atoms with Gasteiger partial charge in [-0.15, -0.1) is 0 Å². The van der Waals surface area contributed by atoms with E-state index in [1.807, 2.05) is 0 Å². The van der Waals surface area contributed by atoms with Crippen molar-refractivity contribution < 1.29 is 15.0 Å². The van der Waals surface area contributed by atoms with Crippen LogP contribution in [0, 0.1) is 0 Å². The lowest BCUT2D eigenvalue weighted by molar-refractivity contribution is -0.123. The minimum atomic E-state index is -0.657. The second kappa shape index (κ2) is 66.2. The summed E-state index contributed by atoms with van der Waals surface area (Å²) in [6, 6.07) is -0.534. The van der Waals surface area contributed by atoms with Crippen molar-refractivity contribution in [2.75, 3.05) is 6.61 Å². The molecule has 2 atom stereocenters. The zero-order valence-corrected chi connectivity index (χ0v) is 50.9. The highest BCUT2D eigenvalue weighted by atomic mass is 16.3. The predicted molar refractivity (Wildman–Crippen MR) is 332 cm³/mol. The highest BCUT2D eigenvalue weighted by Gasteiger charge is 2.20. The Balaban J connectivity index is 3.35. The maximum atomic E-state index is 12.5. The van der Waals surface area contributed by atoms with Crippen LogP contribution in [-0.2, 0) is 4.79 Å². The molecular weight excluding hydrogens is 903 g/mol. The third-order valence-corrected chi connectivity index (χ3v) is 16.5. The average molecular weight is 1040 g/mol. The Morgan fingerprint density at radius 1 is 0.324 bits per heavy atom. The maximum Gasteiger partial charge on any atom is 0.220 e. The first-order valence-electron chi connectivity index (χ1n) is 34.5. The molecule has 0 radical (unpaired) electrons. The normalized spacial score (nSPS) is 12.8. The fourth-order valence-electron chi connectivity index (χ4n) is 11.2. The molecule has 4 nitrogen and oxygen atoms in total. The van der Waals surface area contributed by atoms with E-state index in [1.54, 1.807) is 0 Å². The summed E-state index contributed by atoms with van der Waals surface area (Å²) in [6.45, 7) is 4.39. The van der Waals surface area contributed by atoms with E-state index in [1.165, 1.54) is 340 Å². The first kappa shape index (κ1) is 72.9. The number of carbonyl (C=O) groups excluding carboxylic acids is 1. The predicted octanol–water partition coefficient (Wildman–Crippen LogP) is 23.4. The van der Waals surface area contributed by atoms with Crippen molar-refractivity contribution >= 4 is 5.91 Å². The van der Waals surface area contributed by atoms with E-state index in [4.69, 9.17) is 0 Å². The molecule has 4 heteroatoms. The van der Waals surface area contributed by atoms with Gasteiger partial charge in [0.1, 0.15) is 0 Å². The first-order chi connectivity index (χ1) is 36.7. The molecule has 0 spiro atoms. The summed E-state index contributed by atoms with van der Waals surface area (Å²) in [5.74, 6) is -0.0214. The van der Waals surface area contributed by atoms with Crippen molar-refractivity contribution in [2.45, 2.75) is 411 Å². The molecule has 3 N–H and O–H groups in total. The number of aliphatic hydroxyl groups excluding tert-OH is 2. The van der Waals surface area contributed by atoms with E-state index in [2.05, 4.69) is 43.5 Å². The Bertz CT molecular complexity index is 1090. The number of nitrogens with one attached hydrogen (secondary N) is 1. The third kappa shape index (κ3) is 61.7. The van der Waals surface area contributed by atoms with Crippen LogP contribution in [0.3, 0.4) is 0 Å². The smallest absolute Gasteiger partial charge is 0.220 e. The van der Waals surface area contributed by atoms with Crippen LogP contribution in [0.5, 0.6) is 0 Å². The molecule has 0 aromatic carbocycles. The Morgan fingerprint density at radius 2 is 0.554 bits per heavy atom. The van der Waals surface area contributed by atoms with Crippen LogP contribution in [-0.4, -0.2) is 34.9 Å². The number of unbranched alkanes of at least 4 members (excludes halogenated alkanes) is 54. The molecule has 0 aliphatic rings. The molecule has 0 saturated carbocycles. The first-order valence-corrected chi connectivity index (χ1v) is 34.5. The summed E-state index contributed by atoms with van der Waals surface area (Å²) in [5.41, 5.74) is 0. The van der Waals surface area contributed by atoms with E-state index in [0.29, 0.717) is 12.8 Å². The lowest BCUT2D eigenvalue weighted by Gasteiger charge is -2.22. The molecule has 440 valence electrons. The van der Waals surface area contributed by atoms with E-state index in [-0.39, 0.29) is 12.5 Å². The molecule has 0 heterocycles. The SMILES string of the molecule is CCCCCCC/C=C\C/C=C\CCCCCCCCCCCCCCCCCCCCCCCCCCCCCCCC(=O)NC(CO)C(O)CCCCCCCCCCCCCCCCCCCCCCC. The van der Waals surface area contributed by atoms with Gasteiger partial charge in [-0.1, -0.05) is 372 Å².